The van der Waals surface area contributed by atoms with Gasteiger partial charge in [-0.25, -0.2) is 9.38 Å². The van der Waals surface area contributed by atoms with Crippen molar-refractivity contribution in [2.45, 2.75) is 38.2 Å². The van der Waals surface area contributed by atoms with Crippen LogP contribution in [0.1, 0.15) is 49.3 Å². The van der Waals surface area contributed by atoms with Gasteiger partial charge in [0.2, 0.25) is 6.41 Å². The number of carboxylic acid groups (broad SMARTS) is 1. The van der Waals surface area contributed by atoms with E-state index in [4.69, 9.17) is 10.5 Å². The molecule has 0 heterocycles. The SMILES string of the molecule is N=C(CC(O)c1ccc(-c2ccc(F)cc2)c(N=C(CCCCC(=O)O)NC=O)c1)c1ccccc1. The minimum absolute atomic E-state index is 0.0181. The molecule has 0 aliphatic rings. The molecular weight excluding hydrogens is 461 g/mol. The monoisotopic (exact) mass is 489 g/mol. The molecule has 1 amide bonds. The van der Waals surface area contributed by atoms with Crippen LogP contribution >= 0.6 is 0 Å². The predicted molar refractivity (Wildman–Crippen MR) is 137 cm³/mol. The molecule has 0 aromatic heterocycles. The van der Waals surface area contributed by atoms with Crippen LogP contribution in [-0.4, -0.2) is 34.1 Å². The van der Waals surface area contributed by atoms with E-state index >= 15 is 0 Å². The van der Waals surface area contributed by atoms with E-state index in [9.17, 15) is 19.1 Å². The maximum absolute atomic E-state index is 13.5. The molecule has 3 aromatic rings. The van der Waals surface area contributed by atoms with Gasteiger partial charge in [-0.05, 0) is 47.7 Å². The lowest BCUT2D eigenvalue weighted by Gasteiger charge is -2.16. The number of amidine groups is 1. The Bertz CT molecular complexity index is 1230. The molecule has 0 aliphatic carbocycles. The van der Waals surface area contributed by atoms with Gasteiger partial charge < -0.3 is 20.9 Å². The van der Waals surface area contributed by atoms with E-state index in [1.54, 1.807) is 30.3 Å². The molecule has 0 spiro atoms. The molecular formula is C28H28FN3O4. The zero-order valence-corrected chi connectivity index (χ0v) is 19.7. The average molecular weight is 490 g/mol. The van der Waals surface area contributed by atoms with Crippen molar-refractivity contribution in [3.8, 4) is 11.1 Å². The van der Waals surface area contributed by atoms with Crippen molar-refractivity contribution in [2.24, 2.45) is 4.99 Å². The molecule has 0 radical (unpaired) electrons. The summed E-state index contributed by atoms with van der Waals surface area (Å²) in [7, 11) is 0. The summed E-state index contributed by atoms with van der Waals surface area (Å²) in [5.41, 5.74) is 3.36. The number of carbonyl (C=O) groups excluding carboxylic acids is 1. The van der Waals surface area contributed by atoms with Crippen molar-refractivity contribution in [3.05, 3.63) is 89.7 Å². The van der Waals surface area contributed by atoms with E-state index in [2.05, 4.69) is 10.3 Å². The standard InChI is InChI=1S/C28H28FN3O4/c29-22-13-10-19(11-14-22)23-15-12-21(26(34)17-24(30)20-6-2-1-3-7-20)16-25(23)32-27(31-18-33)8-4-5-9-28(35)36/h1-3,6-7,10-16,18,26,30,34H,4-5,8-9,17H2,(H,35,36)(H,31,32,33). The van der Waals surface area contributed by atoms with Crippen LogP contribution in [0.25, 0.3) is 11.1 Å². The molecule has 0 saturated heterocycles. The first-order valence-electron chi connectivity index (χ1n) is 11.6. The number of hydrogen-bond donors (Lipinski definition) is 4. The number of carbonyl (C=O) groups is 2. The number of nitrogens with zero attached hydrogens (tertiary/aromatic N) is 1. The van der Waals surface area contributed by atoms with E-state index < -0.39 is 12.1 Å². The van der Waals surface area contributed by atoms with Crippen molar-refractivity contribution >= 4 is 29.6 Å². The van der Waals surface area contributed by atoms with Gasteiger partial charge in [-0.2, -0.15) is 0 Å². The van der Waals surface area contributed by atoms with E-state index in [1.807, 2.05) is 30.3 Å². The van der Waals surface area contributed by atoms with Crippen LogP contribution in [0, 0.1) is 11.2 Å². The number of aliphatic carboxylic acids is 1. The molecule has 1 atom stereocenters. The lowest BCUT2D eigenvalue weighted by molar-refractivity contribution is -0.137. The predicted octanol–water partition coefficient (Wildman–Crippen LogP) is 5.41. The third kappa shape index (κ3) is 7.68. The lowest BCUT2D eigenvalue weighted by atomic mass is 9.96. The summed E-state index contributed by atoms with van der Waals surface area (Å²) < 4.78 is 13.5. The Labute approximate surface area is 208 Å². The van der Waals surface area contributed by atoms with Gasteiger partial charge in [0, 0.05) is 30.5 Å². The number of carboxylic acids is 1. The van der Waals surface area contributed by atoms with Gasteiger partial charge in [-0.1, -0.05) is 54.6 Å². The molecule has 0 bridgehead atoms. The summed E-state index contributed by atoms with van der Waals surface area (Å²) >= 11 is 0. The number of unbranched alkanes of at least 4 members (excludes halogenated alkanes) is 1. The summed E-state index contributed by atoms with van der Waals surface area (Å²) in [6.45, 7) is 0. The fraction of sp³-hybridized carbons (Fsp3) is 0.214. The number of aliphatic imine (C=N–C) groups is 1. The number of halogens is 1. The number of hydrogen-bond acceptors (Lipinski definition) is 5. The molecule has 186 valence electrons. The van der Waals surface area contributed by atoms with Crippen LogP contribution in [0.3, 0.4) is 0 Å². The third-order valence-corrected chi connectivity index (χ3v) is 5.62. The first kappa shape index (κ1) is 26.4. The van der Waals surface area contributed by atoms with Gasteiger partial charge in [0.1, 0.15) is 11.7 Å². The van der Waals surface area contributed by atoms with Crippen LogP contribution < -0.4 is 5.32 Å². The summed E-state index contributed by atoms with van der Waals surface area (Å²) in [5.74, 6) is -0.919. The summed E-state index contributed by atoms with van der Waals surface area (Å²) in [6.07, 6.45) is 0.941. The Morgan fingerprint density at radius 2 is 1.72 bits per heavy atom. The van der Waals surface area contributed by atoms with E-state index in [-0.39, 0.29) is 24.4 Å². The Hall–Kier alpha value is -4.17. The second-order valence-electron chi connectivity index (χ2n) is 8.27. The first-order valence-corrected chi connectivity index (χ1v) is 11.6. The van der Waals surface area contributed by atoms with Gasteiger partial charge in [0.25, 0.3) is 0 Å². The molecule has 1 unspecified atom stereocenters. The minimum atomic E-state index is -0.966. The number of aliphatic hydroxyl groups excluding tert-OH is 1. The van der Waals surface area contributed by atoms with E-state index in [0.717, 1.165) is 5.56 Å². The second kappa shape index (κ2) is 13.1. The molecule has 7 nitrogen and oxygen atoms in total. The molecule has 0 aliphatic heterocycles. The quantitative estimate of drug-likeness (QED) is 0.118. The highest BCUT2D eigenvalue weighted by molar-refractivity contribution is 5.98. The van der Waals surface area contributed by atoms with Crippen LogP contribution in [0.4, 0.5) is 10.1 Å². The van der Waals surface area contributed by atoms with Crippen molar-refractivity contribution in [2.75, 3.05) is 0 Å². The zero-order valence-electron chi connectivity index (χ0n) is 19.7. The van der Waals surface area contributed by atoms with Gasteiger partial charge in [0.05, 0.1) is 11.8 Å². The smallest absolute Gasteiger partial charge is 0.303 e. The van der Waals surface area contributed by atoms with Gasteiger partial charge >= 0.3 is 5.97 Å². The molecule has 36 heavy (non-hydrogen) atoms. The molecule has 0 fully saturated rings. The number of nitrogens with one attached hydrogen (secondary N) is 2. The molecule has 3 aromatic carbocycles. The number of amides is 1. The number of aliphatic hydroxyl groups is 1. The number of benzene rings is 3. The van der Waals surface area contributed by atoms with E-state index in [0.29, 0.717) is 53.9 Å². The maximum atomic E-state index is 13.5. The highest BCUT2D eigenvalue weighted by Gasteiger charge is 2.15. The normalized spacial score (nSPS) is 12.1. The number of rotatable bonds is 12. The Morgan fingerprint density at radius 1 is 1.03 bits per heavy atom. The van der Waals surface area contributed by atoms with Crippen molar-refractivity contribution in [1.82, 2.24) is 5.32 Å². The van der Waals surface area contributed by atoms with Crippen molar-refractivity contribution < 1.29 is 24.2 Å². The van der Waals surface area contributed by atoms with Crippen molar-refractivity contribution in [1.29, 1.82) is 5.41 Å². The average Bonchev–Trinajstić information content (AvgIpc) is 2.87. The maximum Gasteiger partial charge on any atom is 0.303 e. The highest BCUT2D eigenvalue weighted by Crippen LogP contribution is 2.34. The van der Waals surface area contributed by atoms with E-state index in [1.165, 1.54) is 12.1 Å². The highest BCUT2D eigenvalue weighted by atomic mass is 19.1. The van der Waals surface area contributed by atoms with Crippen LogP contribution in [-0.2, 0) is 9.59 Å². The fourth-order valence-corrected chi connectivity index (χ4v) is 3.73. The summed E-state index contributed by atoms with van der Waals surface area (Å²) in [4.78, 5) is 26.6. The van der Waals surface area contributed by atoms with Crippen LogP contribution in [0.2, 0.25) is 0 Å². The molecule has 3 rings (SSSR count). The van der Waals surface area contributed by atoms with Crippen LogP contribution in [0.5, 0.6) is 0 Å². The molecule has 0 saturated carbocycles. The lowest BCUT2D eigenvalue weighted by Crippen LogP contribution is -2.21. The van der Waals surface area contributed by atoms with Crippen LogP contribution in [0.15, 0.2) is 77.8 Å². The molecule has 4 N–H and O–H groups in total. The Balaban J connectivity index is 1.93. The molecule has 8 heteroatoms. The van der Waals surface area contributed by atoms with Gasteiger partial charge in [0.15, 0.2) is 0 Å². The Morgan fingerprint density at radius 3 is 2.39 bits per heavy atom. The Kier molecular flexibility index (Phi) is 9.59. The third-order valence-electron chi connectivity index (χ3n) is 5.62. The largest absolute Gasteiger partial charge is 0.481 e. The fourth-order valence-electron chi connectivity index (χ4n) is 3.73. The second-order valence-corrected chi connectivity index (χ2v) is 8.27. The minimum Gasteiger partial charge on any atom is -0.481 e. The topological polar surface area (TPSA) is 123 Å². The van der Waals surface area contributed by atoms with Crippen molar-refractivity contribution in [3.63, 3.8) is 0 Å². The zero-order chi connectivity index (χ0) is 25.9. The summed E-state index contributed by atoms with van der Waals surface area (Å²) in [6, 6.07) is 20.2. The van der Waals surface area contributed by atoms with Gasteiger partial charge in [-0.3, -0.25) is 9.59 Å². The van der Waals surface area contributed by atoms with Gasteiger partial charge in [-0.15, -0.1) is 0 Å². The summed E-state index contributed by atoms with van der Waals surface area (Å²) in [5, 5.41) is 30.6. The first-order chi connectivity index (χ1) is 17.4.